The third kappa shape index (κ3) is 3.62. The first kappa shape index (κ1) is 14.9. The summed E-state index contributed by atoms with van der Waals surface area (Å²) in [4.78, 5) is 13.8. The molecule has 1 aliphatic carbocycles. The van der Waals surface area contributed by atoms with Crippen molar-refractivity contribution >= 4 is 5.95 Å². The predicted octanol–water partition coefficient (Wildman–Crippen LogP) is 3.80. The zero-order valence-corrected chi connectivity index (χ0v) is 13.6. The standard InChI is InChI=1S/C18H24N4/c1-12-6-4-9-16(19-12)10-13(2)20-18-21-14(3)11-17(22-18)15-7-5-8-15/h4,6,9,11,13,15H,5,7-8,10H2,1-3H3,(H,20,21,22)/t13-/m0/s1. The maximum absolute atomic E-state index is 4.71. The van der Waals surface area contributed by atoms with Crippen molar-refractivity contribution in [3.05, 3.63) is 47.0 Å². The average Bonchev–Trinajstić information content (AvgIpc) is 2.35. The Morgan fingerprint density at radius 3 is 2.64 bits per heavy atom. The molecule has 0 aromatic carbocycles. The summed E-state index contributed by atoms with van der Waals surface area (Å²) in [6, 6.07) is 8.53. The lowest BCUT2D eigenvalue weighted by molar-refractivity contribution is 0.410. The normalized spacial score (nSPS) is 16.1. The SMILES string of the molecule is Cc1cccc(C[C@H](C)Nc2nc(C)cc(C3CCC3)n2)n1. The Labute approximate surface area is 132 Å². The van der Waals surface area contributed by atoms with Gasteiger partial charge in [-0.25, -0.2) is 9.97 Å². The van der Waals surface area contributed by atoms with Gasteiger partial charge in [-0.15, -0.1) is 0 Å². The third-order valence-corrected chi connectivity index (χ3v) is 4.23. The van der Waals surface area contributed by atoms with E-state index in [2.05, 4.69) is 40.4 Å². The van der Waals surface area contributed by atoms with E-state index in [1.54, 1.807) is 0 Å². The second-order valence-corrected chi connectivity index (χ2v) is 6.41. The second kappa shape index (κ2) is 6.42. The van der Waals surface area contributed by atoms with E-state index in [0.717, 1.165) is 29.5 Å². The van der Waals surface area contributed by atoms with Gasteiger partial charge in [-0.05, 0) is 51.8 Å². The van der Waals surface area contributed by atoms with E-state index >= 15 is 0 Å². The summed E-state index contributed by atoms with van der Waals surface area (Å²) in [7, 11) is 0. The predicted molar refractivity (Wildman–Crippen MR) is 89.1 cm³/mol. The Hall–Kier alpha value is -1.97. The molecule has 4 heteroatoms. The van der Waals surface area contributed by atoms with E-state index in [1.165, 1.54) is 25.0 Å². The van der Waals surface area contributed by atoms with E-state index in [0.29, 0.717) is 5.92 Å². The molecular weight excluding hydrogens is 272 g/mol. The minimum Gasteiger partial charge on any atom is -0.351 e. The first-order chi connectivity index (χ1) is 10.6. The van der Waals surface area contributed by atoms with Gasteiger partial charge in [-0.1, -0.05) is 12.5 Å². The summed E-state index contributed by atoms with van der Waals surface area (Å²) in [5, 5.41) is 3.43. The zero-order chi connectivity index (χ0) is 15.5. The number of hydrogen-bond acceptors (Lipinski definition) is 4. The lowest BCUT2D eigenvalue weighted by Crippen LogP contribution is -2.22. The van der Waals surface area contributed by atoms with Gasteiger partial charge >= 0.3 is 0 Å². The smallest absolute Gasteiger partial charge is 0.223 e. The van der Waals surface area contributed by atoms with Gasteiger partial charge in [-0.3, -0.25) is 4.98 Å². The Bertz CT molecular complexity index is 649. The molecule has 0 unspecified atom stereocenters. The van der Waals surface area contributed by atoms with Crippen LogP contribution in [0.1, 0.15) is 54.9 Å². The molecular formula is C18H24N4. The highest BCUT2D eigenvalue weighted by atomic mass is 15.1. The van der Waals surface area contributed by atoms with Gasteiger partial charge in [0.15, 0.2) is 0 Å². The number of nitrogens with one attached hydrogen (secondary N) is 1. The van der Waals surface area contributed by atoms with Crippen LogP contribution in [0.5, 0.6) is 0 Å². The van der Waals surface area contributed by atoms with Gasteiger partial charge in [-0.2, -0.15) is 0 Å². The molecule has 2 aromatic heterocycles. The molecule has 1 aliphatic rings. The van der Waals surface area contributed by atoms with Gasteiger partial charge in [0.05, 0.1) is 0 Å². The zero-order valence-electron chi connectivity index (χ0n) is 13.6. The summed E-state index contributed by atoms with van der Waals surface area (Å²) >= 11 is 0. The maximum atomic E-state index is 4.71. The fourth-order valence-corrected chi connectivity index (χ4v) is 2.87. The lowest BCUT2D eigenvalue weighted by Gasteiger charge is -2.25. The Morgan fingerprint density at radius 2 is 1.95 bits per heavy atom. The summed E-state index contributed by atoms with van der Waals surface area (Å²) in [5.74, 6) is 1.39. The van der Waals surface area contributed by atoms with Crippen LogP contribution in [0.3, 0.4) is 0 Å². The monoisotopic (exact) mass is 296 g/mol. The van der Waals surface area contributed by atoms with E-state index in [1.807, 2.05) is 19.9 Å². The number of rotatable bonds is 5. The molecule has 1 atom stereocenters. The van der Waals surface area contributed by atoms with Gasteiger partial charge < -0.3 is 5.32 Å². The Kier molecular flexibility index (Phi) is 4.36. The molecule has 3 rings (SSSR count). The summed E-state index contributed by atoms with van der Waals surface area (Å²) in [5.41, 5.74) is 4.40. The molecule has 4 nitrogen and oxygen atoms in total. The van der Waals surface area contributed by atoms with E-state index < -0.39 is 0 Å². The van der Waals surface area contributed by atoms with Gasteiger partial charge in [0.25, 0.3) is 0 Å². The van der Waals surface area contributed by atoms with E-state index in [4.69, 9.17) is 4.98 Å². The first-order valence-corrected chi connectivity index (χ1v) is 8.15. The molecule has 1 saturated carbocycles. The number of pyridine rings is 1. The van der Waals surface area contributed by atoms with Crippen LogP contribution in [-0.2, 0) is 6.42 Å². The number of anilines is 1. The average molecular weight is 296 g/mol. The summed E-state index contributed by atoms with van der Waals surface area (Å²) in [6.07, 6.45) is 4.72. The first-order valence-electron chi connectivity index (χ1n) is 8.15. The molecule has 0 amide bonds. The van der Waals surface area contributed by atoms with E-state index in [-0.39, 0.29) is 6.04 Å². The summed E-state index contributed by atoms with van der Waals surface area (Å²) in [6.45, 7) is 6.22. The Balaban J connectivity index is 1.68. The minimum absolute atomic E-state index is 0.255. The van der Waals surface area contributed by atoms with Crippen LogP contribution >= 0.6 is 0 Å². The largest absolute Gasteiger partial charge is 0.351 e. The molecule has 22 heavy (non-hydrogen) atoms. The van der Waals surface area contributed by atoms with Crippen LogP contribution in [0.4, 0.5) is 5.95 Å². The van der Waals surface area contributed by atoms with Crippen molar-refractivity contribution in [2.75, 3.05) is 5.32 Å². The molecule has 0 aliphatic heterocycles. The van der Waals surface area contributed by atoms with Crippen LogP contribution in [0, 0.1) is 13.8 Å². The minimum atomic E-state index is 0.255. The summed E-state index contributed by atoms with van der Waals surface area (Å²) < 4.78 is 0. The van der Waals surface area contributed by atoms with Gasteiger partial charge in [0.1, 0.15) is 0 Å². The molecule has 2 heterocycles. The van der Waals surface area contributed by atoms with Crippen LogP contribution in [0.2, 0.25) is 0 Å². The number of aryl methyl sites for hydroxylation is 2. The highest BCUT2D eigenvalue weighted by Crippen LogP contribution is 2.35. The topological polar surface area (TPSA) is 50.7 Å². The molecule has 0 bridgehead atoms. The van der Waals surface area contributed by atoms with E-state index in [9.17, 15) is 0 Å². The van der Waals surface area contributed by atoms with Crippen LogP contribution in [-0.4, -0.2) is 21.0 Å². The molecule has 0 spiro atoms. The number of aromatic nitrogens is 3. The van der Waals surface area contributed by atoms with Crippen molar-refractivity contribution in [3.63, 3.8) is 0 Å². The maximum Gasteiger partial charge on any atom is 0.223 e. The van der Waals surface area contributed by atoms with Crippen LogP contribution in [0.25, 0.3) is 0 Å². The highest BCUT2D eigenvalue weighted by molar-refractivity contribution is 5.31. The number of hydrogen-bond donors (Lipinski definition) is 1. The molecule has 1 N–H and O–H groups in total. The van der Waals surface area contributed by atoms with Crippen LogP contribution < -0.4 is 5.32 Å². The molecule has 1 fully saturated rings. The van der Waals surface area contributed by atoms with Crippen molar-refractivity contribution in [1.82, 2.24) is 15.0 Å². The molecule has 0 saturated heterocycles. The van der Waals surface area contributed by atoms with Crippen LogP contribution in [0.15, 0.2) is 24.3 Å². The second-order valence-electron chi connectivity index (χ2n) is 6.41. The fourth-order valence-electron chi connectivity index (χ4n) is 2.87. The lowest BCUT2D eigenvalue weighted by atomic mass is 9.83. The number of nitrogens with zero attached hydrogens (tertiary/aromatic N) is 3. The molecule has 0 radical (unpaired) electrons. The molecule has 2 aromatic rings. The third-order valence-electron chi connectivity index (χ3n) is 4.23. The highest BCUT2D eigenvalue weighted by Gasteiger charge is 2.22. The quantitative estimate of drug-likeness (QED) is 0.912. The molecule has 116 valence electrons. The van der Waals surface area contributed by atoms with Crippen molar-refractivity contribution in [2.45, 2.75) is 58.4 Å². The van der Waals surface area contributed by atoms with Gasteiger partial charge in [0.2, 0.25) is 5.95 Å². The van der Waals surface area contributed by atoms with Crippen molar-refractivity contribution in [1.29, 1.82) is 0 Å². The Morgan fingerprint density at radius 1 is 1.14 bits per heavy atom. The fraction of sp³-hybridized carbons (Fsp3) is 0.500. The van der Waals surface area contributed by atoms with Gasteiger partial charge in [0, 0.05) is 41.2 Å². The van der Waals surface area contributed by atoms with Crippen molar-refractivity contribution in [3.8, 4) is 0 Å². The van der Waals surface area contributed by atoms with Crippen molar-refractivity contribution in [2.24, 2.45) is 0 Å². The van der Waals surface area contributed by atoms with Crippen molar-refractivity contribution < 1.29 is 0 Å².